The molecule has 0 bridgehead atoms. The second kappa shape index (κ2) is 6.94. The van der Waals surface area contributed by atoms with Gasteiger partial charge in [-0.1, -0.05) is 0 Å². The van der Waals surface area contributed by atoms with Crippen LogP contribution in [0.15, 0.2) is 0 Å². The zero-order valence-electron chi connectivity index (χ0n) is 4.87. The molecule has 0 aromatic heterocycles. The van der Waals surface area contributed by atoms with E-state index in [1.54, 1.807) is 0 Å². The Labute approximate surface area is 91.4 Å². The van der Waals surface area contributed by atoms with Crippen LogP contribution in [0.5, 0.6) is 0 Å². The molecule has 8 nitrogen and oxygen atoms in total. The second-order valence-electron chi connectivity index (χ2n) is 0.894. The summed E-state index contributed by atoms with van der Waals surface area (Å²) in [6.45, 7) is 0. The Bertz CT molecular complexity index is 124. The molecule has 0 aliphatic heterocycles. The van der Waals surface area contributed by atoms with E-state index in [2.05, 4.69) is 0 Å². The van der Waals surface area contributed by atoms with Crippen LogP contribution in [0.4, 0.5) is 0 Å². The fourth-order valence-corrected chi connectivity index (χ4v) is 0. The summed E-state index contributed by atoms with van der Waals surface area (Å²) in [7, 11) is -10.8. The van der Waals surface area contributed by atoms with E-state index in [0.717, 1.165) is 0 Å². The first kappa shape index (κ1) is 18.3. The minimum atomic E-state index is -5.39. The fraction of sp³-hybridized carbons (Fsp3) is 0. The number of phosphoric acid groups is 2. The van der Waals surface area contributed by atoms with Crippen molar-refractivity contribution in [3.63, 3.8) is 0 Å². The maximum absolute atomic E-state index is 8.55. The van der Waals surface area contributed by atoms with Crippen LogP contribution in [-0.2, 0) is 9.13 Å². The fourth-order valence-electron chi connectivity index (χ4n) is 0. The summed E-state index contributed by atoms with van der Waals surface area (Å²) in [5.74, 6) is 0. The van der Waals surface area contributed by atoms with Crippen molar-refractivity contribution in [2.24, 2.45) is 0 Å². The molecule has 0 heterocycles. The van der Waals surface area contributed by atoms with Crippen LogP contribution in [0.25, 0.3) is 0 Å². The summed E-state index contributed by atoms with van der Waals surface area (Å²) < 4.78 is 17.1. The van der Waals surface area contributed by atoms with Crippen molar-refractivity contribution in [2.75, 3.05) is 0 Å². The van der Waals surface area contributed by atoms with Crippen LogP contribution < -0.4 is 29.4 Å². The first-order chi connectivity index (χ1) is 4.00. The Morgan fingerprint density at radius 1 is 0.636 bits per heavy atom. The van der Waals surface area contributed by atoms with Gasteiger partial charge in [0.2, 0.25) is 0 Å². The Hall–Kier alpha value is 1.48. The summed E-state index contributed by atoms with van der Waals surface area (Å²) in [4.78, 5) is 51.3. The predicted molar refractivity (Wildman–Crippen MR) is 21.0 cm³/mol. The third-order valence-corrected chi connectivity index (χ3v) is 0. The zero-order valence-corrected chi connectivity index (χ0v) is 8.86. The van der Waals surface area contributed by atoms with Crippen molar-refractivity contribution in [2.45, 2.75) is 0 Å². The maximum atomic E-state index is 8.55. The molecule has 0 aliphatic carbocycles. The third kappa shape index (κ3) is 471. The SMILES string of the molecule is O=P([O-])([O-])[O-].O=P([O-])([O-])[O-].[Ca]. The van der Waals surface area contributed by atoms with Gasteiger partial charge in [0.05, 0.1) is 0 Å². The van der Waals surface area contributed by atoms with E-state index in [0.29, 0.717) is 0 Å². The molecule has 11 heavy (non-hydrogen) atoms. The Kier molecular flexibility index (Phi) is 11.5. The standard InChI is InChI=1S/Ca.2H3O4P/c;2*1-5(2,3)4/h;2*(H3,1,2,3,4)/p-6. The number of rotatable bonds is 0. The molecule has 0 atom stereocenters. The van der Waals surface area contributed by atoms with Crippen LogP contribution in [0.1, 0.15) is 0 Å². The minimum absolute atomic E-state index is 0. The van der Waals surface area contributed by atoms with E-state index in [9.17, 15) is 0 Å². The van der Waals surface area contributed by atoms with Crippen LogP contribution in [-0.4, -0.2) is 37.7 Å². The van der Waals surface area contributed by atoms with Crippen molar-refractivity contribution in [1.82, 2.24) is 0 Å². The molecule has 0 rings (SSSR count). The smallest absolute Gasteiger partial charge is 0 e. The van der Waals surface area contributed by atoms with E-state index < -0.39 is 15.6 Å². The van der Waals surface area contributed by atoms with Crippen LogP contribution >= 0.6 is 15.6 Å². The van der Waals surface area contributed by atoms with Gasteiger partial charge in [0.1, 0.15) is 0 Å². The zero-order chi connectivity index (χ0) is 9.00. The molecule has 0 fully saturated rings. The summed E-state index contributed by atoms with van der Waals surface area (Å²) in [5, 5.41) is 0. The number of hydrogen-bond acceptors (Lipinski definition) is 8. The molecule has 66 valence electrons. The maximum Gasteiger partial charge on any atom is 0 e. The topological polar surface area (TPSA) is 172 Å². The molecule has 0 unspecified atom stereocenters. The van der Waals surface area contributed by atoms with Crippen LogP contribution in [0, 0.1) is 0 Å². The molecular weight excluding hydrogens is 230 g/mol. The molecule has 0 aliphatic rings. The Balaban J connectivity index is -0.000000107. The van der Waals surface area contributed by atoms with Gasteiger partial charge in [-0.3, -0.25) is 0 Å². The predicted octanol–water partition coefficient (Wildman–Crippen LogP) is -6.03. The van der Waals surface area contributed by atoms with Crippen molar-refractivity contribution in [3.05, 3.63) is 0 Å². The van der Waals surface area contributed by atoms with E-state index in [-0.39, 0.29) is 37.7 Å². The van der Waals surface area contributed by atoms with Gasteiger partial charge in [0.15, 0.2) is 0 Å². The molecule has 0 aromatic rings. The third-order valence-electron chi connectivity index (χ3n) is 0. The van der Waals surface area contributed by atoms with Gasteiger partial charge < -0.3 is 38.5 Å². The van der Waals surface area contributed by atoms with Gasteiger partial charge in [0.25, 0.3) is 0 Å². The molecular formula is CaO8P2-6. The van der Waals surface area contributed by atoms with E-state index in [1.165, 1.54) is 0 Å². The van der Waals surface area contributed by atoms with Crippen molar-refractivity contribution < 1.29 is 38.5 Å². The molecule has 0 N–H and O–H groups in total. The Morgan fingerprint density at radius 2 is 0.636 bits per heavy atom. The normalized spacial score (nSPS) is 10.7. The number of hydrogen-bond donors (Lipinski definition) is 0. The van der Waals surface area contributed by atoms with E-state index in [4.69, 9.17) is 38.5 Å². The minimum Gasteiger partial charge on any atom is -0.822 e. The largest absolute Gasteiger partial charge is 0.822 e. The molecule has 11 heteroatoms. The summed E-state index contributed by atoms with van der Waals surface area (Å²) >= 11 is 0. The van der Waals surface area contributed by atoms with Crippen molar-refractivity contribution in [3.8, 4) is 0 Å². The molecule has 0 aromatic carbocycles. The van der Waals surface area contributed by atoms with Gasteiger partial charge in [-0.15, -0.1) is 0 Å². The average molecular weight is 230 g/mol. The Morgan fingerprint density at radius 3 is 0.636 bits per heavy atom. The van der Waals surface area contributed by atoms with E-state index in [1.807, 2.05) is 0 Å². The monoisotopic (exact) mass is 230 g/mol. The first-order valence-corrected chi connectivity index (χ1v) is 4.38. The van der Waals surface area contributed by atoms with Gasteiger partial charge in [-0.05, 0) is 0 Å². The second-order valence-corrected chi connectivity index (χ2v) is 2.68. The quantitative estimate of drug-likeness (QED) is 0.292. The van der Waals surface area contributed by atoms with Gasteiger partial charge in [-0.25, -0.2) is 0 Å². The summed E-state index contributed by atoms with van der Waals surface area (Å²) in [5.41, 5.74) is 0. The van der Waals surface area contributed by atoms with Crippen LogP contribution in [0.2, 0.25) is 0 Å². The van der Waals surface area contributed by atoms with E-state index >= 15 is 0 Å². The summed E-state index contributed by atoms with van der Waals surface area (Å²) in [6, 6.07) is 0. The van der Waals surface area contributed by atoms with Crippen molar-refractivity contribution in [1.29, 1.82) is 0 Å². The van der Waals surface area contributed by atoms with Crippen LogP contribution in [0.3, 0.4) is 0 Å². The summed E-state index contributed by atoms with van der Waals surface area (Å²) in [6.07, 6.45) is 0. The first-order valence-electron chi connectivity index (χ1n) is 1.46. The molecule has 2 radical (unpaired) electrons. The molecule has 0 saturated carbocycles. The van der Waals surface area contributed by atoms with Gasteiger partial charge in [0, 0.05) is 37.7 Å². The van der Waals surface area contributed by atoms with Gasteiger partial charge >= 0.3 is 0 Å². The average Bonchev–Trinajstić information content (AvgIpc) is 1.12. The molecule has 0 saturated heterocycles. The molecule has 0 amide bonds. The van der Waals surface area contributed by atoms with Crippen molar-refractivity contribution >= 4 is 53.4 Å². The van der Waals surface area contributed by atoms with Gasteiger partial charge in [-0.2, -0.15) is 15.6 Å². The molecule has 0 spiro atoms.